The van der Waals surface area contributed by atoms with E-state index >= 15 is 0 Å². The van der Waals surface area contributed by atoms with Crippen molar-refractivity contribution in [3.8, 4) is 0 Å². The predicted octanol–water partition coefficient (Wildman–Crippen LogP) is 3.88. The van der Waals surface area contributed by atoms with Gasteiger partial charge in [0.15, 0.2) is 0 Å². The number of pyridine rings is 1. The predicted molar refractivity (Wildman–Crippen MR) is 157 cm³/mol. The summed E-state index contributed by atoms with van der Waals surface area (Å²) in [5, 5.41) is 13.3. The van der Waals surface area contributed by atoms with Crippen LogP contribution in [-0.4, -0.2) is 76.7 Å². The number of β-amino-alcohol motifs (C(OH)–C–C–N with tert-alkyl or cyclic N) is 1. The van der Waals surface area contributed by atoms with E-state index in [-0.39, 0.29) is 23.3 Å². The Morgan fingerprint density at radius 2 is 1.95 bits per heavy atom. The molecule has 3 heterocycles. The van der Waals surface area contributed by atoms with Gasteiger partial charge in [-0.1, -0.05) is 32.9 Å². The summed E-state index contributed by atoms with van der Waals surface area (Å²) in [5.41, 5.74) is 5.50. The summed E-state index contributed by atoms with van der Waals surface area (Å²) in [5.74, 6) is 0.315. The van der Waals surface area contributed by atoms with Crippen LogP contribution >= 0.6 is 0 Å². The van der Waals surface area contributed by atoms with Crippen LogP contribution in [0.15, 0.2) is 35.3 Å². The molecule has 1 aliphatic carbocycles. The van der Waals surface area contributed by atoms with Gasteiger partial charge in [0.2, 0.25) is 0 Å². The molecule has 0 spiro atoms. The van der Waals surface area contributed by atoms with E-state index in [0.717, 1.165) is 48.4 Å². The van der Waals surface area contributed by atoms with E-state index in [4.69, 9.17) is 9.98 Å². The molecule has 3 aliphatic rings. The number of nitrogens with zero attached hydrogens (tertiary/aromatic N) is 4. The smallest absolute Gasteiger partial charge is 0.266 e. The van der Waals surface area contributed by atoms with Gasteiger partial charge in [-0.2, -0.15) is 0 Å². The zero-order chi connectivity index (χ0) is 28.8. The van der Waals surface area contributed by atoms with Gasteiger partial charge in [0.25, 0.3) is 11.8 Å². The normalized spacial score (nSPS) is 20.4. The molecule has 2 aromatic rings. The zero-order valence-corrected chi connectivity index (χ0v) is 24.8. The third-order valence-electron chi connectivity index (χ3n) is 8.58. The fourth-order valence-electron chi connectivity index (χ4n) is 6.08. The van der Waals surface area contributed by atoms with Gasteiger partial charge < -0.3 is 20.2 Å². The van der Waals surface area contributed by atoms with E-state index < -0.39 is 5.60 Å². The first kappa shape index (κ1) is 28.4. The number of carbonyl (C=O) groups excluding carboxylic acids is 2. The molecule has 1 aromatic carbocycles. The maximum absolute atomic E-state index is 13.5. The summed E-state index contributed by atoms with van der Waals surface area (Å²) in [6, 6.07) is 9.35. The van der Waals surface area contributed by atoms with E-state index in [1.165, 1.54) is 5.56 Å². The van der Waals surface area contributed by atoms with Crippen molar-refractivity contribution < 1.29 is 14.7 Å². The molecule has 0 radical (unpaired) electrons. The number of aliphatic imine (C=N–C) groups is 1. The highest BCUT2D eigenvalue weighted by molar-refractivity contribution is 6.40. The second kappa shape index (κ2) is 10.7. The van der Waals surface area contributed by atoms with Crippen molar-refractivity contribution in [1.29, 1.82) is 0 Å². The van der Waals surface area contributed by atoms with Crippen LogP contribution in [0.25, 0.3) is 0 Å². The van der Waals surface area contributed by atoms with E-state index in [0.29, 0.717) is 43.1 Å². The fraction of sp³-hybridized carbons (Fsp3) is 0.562. The van der Waals surface area contributed by atoms with Gasteiger partial charge in [0.05, 0.1) is 36.1 Å². The van der Waals surface area contributed by atoms with Crippen LogP contribution in [0.1, 0.15) is 79.5 Å². The van der Waals surface area contributed by atoms with Gasteiger partial charge in [-0.05, 0) is 93.9 Å². The van der Waals surface area contributed by atoms with Crippen molar-refractivity contribution in [2.24, 2.45) is 16.3 Å². The Hall–Kier alpha value is -3.10. The van der Waals surface area contributed by atoms with Crippen molar-refractivity contribution in [1.82, 2.24) is 20.1 Å². The van der Waals surface area contributed by atoms with E-state index in [9.17, 15) is 14.7 Å². The Morgan fingerprint density at radius 1 is 1.20 bits per heavy atom. The van der Waals surface area contributed by atoms with Gasteiger partial charge >= 0.3 is 0 Å². The first-order chi connectivity index (χ1) is 18.8. The first-order valence-electron chi connectivity index (χ1n) is 14.5. The van der Waals surface area contributed by atoms with Crippen LogP contribution < -0.4 is 5.32 Å². The Balaban J connectivity index is 1.32. The van der Waals surface area contributed by atoms with Crippen molar-refractivity contribution in [2.75, 3.05) is 33.7 Å². The largest absolute Gasteiger partial charge is 0.386 e. The molecule has 8 nitrogen and oxygen atoms in total. The monoisotopic (exact) mass is 545 g/mol. The number of aryl methyl sites for hydroxylation is 1. The van der Waals surface area contributed by atoms with Gasteiger partial charge in [0, 0.05) is 17.7 Å². The topological polar surface area (TPSA) is 98.1 Å². The third kappa shape index (κ3) is 6.13. The number of carbonyl (C=O) groups is 2. The maximum atomic E-state index is 13.5. The molecule has 0 bridgehead atoms. The average molecular weight is 546 g/mol. The summed E-state index contributed by atoms with van der Waals surface area (Å²) in [6.07, 6.45) is 4.25. The minimum absolute atomic E-state index is 0.106. The lowest BCUT2D eigenvalue weighted by molar-refractivity contribution is -0.115. The Kier molecular flexibility index (Phi) is 7.61. The lowest BCUT2D eigenvalue weighted by Gasteiger charge is -2.44. The van der Waals surface area contributed by atoms with E-state index in [2.05, 4.69) is 37.1 Å². The molecule has 40 heavy (non-hydrogen) atoms. The molecule has 0 saturated carbocycles. The van der Waals surface area contributed by atoms with Gasteiger partial charge in [-0.25, -0.2) is 4.99 Å². The summed E-state index contributed by atoms with van der Waals surface area (Å²) in [7, 11) is 4.01. The highest BCUT2D eigenvalue weighted by atomic mass is 16.3. The molecule has 2 aliphatic heterocycles. The molecule has 1 saturated heterocycles. The molecule has 214 valence electrons. The number of fused-ring (bicyclic) bond motifs is 2. The van der Waals surface area contributed by atoms with Crippen LogP contribution in [0.3, 0.4) is 0 Å². The SMILES string of the molecule is CN(C)CC[C@@H](NC(=O)C1=Nc2cc3c(nc2C1)CC[C@H](C(C)(C)C)C3)c1cccc(C(=O)N2CC(C)(O)C2)c1. The number of hydrogen-bond donors (Lipinski definition) is 2. The number of aromatic nitrogens is 1. The lowest BCUT2D eigenvalue weighted by Crippen LogP contribution is -2.61. The molecule has 2 amide bonds. The minimum atomic E-state index is -0.822. The molecule has 1 fully saturated rings. The third-order valence-corrected chi connectivity index (χ3v) is 8.58. The van der Waals surface area contributed by atoms with Crippen molar-refractivity contribution >= 4 is 23.2 Å². The molecule has 1 aromatic heterocycles. The van der Waals surface area contributed by atoms with Gasteiger partial charge in [-0.15, -0.1) is 0 Å². The Bertz CT molecular complexity index is 1330. The Morgan fingerprint density at radius 3 is 2.62 bits per heavy atom. The average Bonchev–Trinajstić information content (AvgIpc) is 3.29. The standard InChI is InChI=1S/C32H43N5O3/c1-31(2,3)23-10-11-24-22(15-23)16-26-27(33-24)17-28(34-26)29(38)35-25(12-13-36(5)6)20-8-7-9-21(14-20)30(39)37-18-32(4,40)19-37/h7-9,14,16,23,25,40H,10-13,15,17-19H2,1-6H3,(H,35,38)/t23-,25+/m0/s1. The maximum Gasteiger partial charge on any atom is 0.266 e. The number of aliphatic hydroxyl groups is 1. The van der Waals surface area contributed by atoms with Crippen LogP contribution in [0.5, 0.6) is 0 Å². The van der Waals surface area contributed by atoms with Crippen molar-refractivity contribution in [3.63, 3.8) is 0 Å². The first-order valence-corrected chi connectivity index (χ1v) is 14.5. The molecular weight excluding hydrogens is 502 g/mol. The van der Waals surface area contributed by atoms with Gasteiger partial charge in [0.1, 0.15) is 5.71 Å². The van der Waals surface area contributed by atoms with Crippen LogP contribution in [0.2, 0.25) is 0 Å². The number of hydrogen-bond acceptors (Lipinski definition) is 6. The van der Waals surface area contributed by atoms with Crippen LogP contribution in [0.4, 0.5) is 5.69 Å². The van der Waals surface area contributed by atoms with Crippen LogP contribution in [0, 0.1) is 11.3 Å². The van der Waals surface area contributed by atoms with E-state index in [1.807, 2.05) is 32.3 Å². The number of rotatable bonds is 7. The number of amides is 2. The zero-order valence-electron chi connectivity index (χ0n) is 24.8. The van der Waals surface area contributed by atoms with Gasteiger partial charge in [-0.3, -0.25) is 14.6 Å². The minimum Gasteiger partial charge on any atom is -0.386 e. The van der Waals surface area contributed by atoms with Crippen molar-refractivity contribution in [2.45, 2.75) is 71.4 Å². The molecule has 0 unspecified atom stereocenters. The number of benzene rings is 1. The Labute approximate surface area is 237 Å². The number of nitrogens with one attached hydrogen (secondary N) is 1. The van der Waals surface area contributed by atoms with Crippen LogP contribution in [-0.2, 0) is 24.1 Å². The summed E-state index contributed by atoms with van der Waals surface area (Å²) >= 11 is 0. The number of likely N-dealkylation sites (tertiary alicyclic amines) is 1. The molecule has 2 N–H and O–H groups in total. The second-order valence-electron chi connectivity index (χ2n) is 13.5. The molecule has 8 heteroatoms. The highest BCUT2D eigenvalue weighted by Gasteiger charge is 2.40. The highest BCUT2D eigenvalue weighted by Crippen LogP contribution is 2.39. The summed E-state index contributed by atoms with van der Waals surface area (Å²) < 4.78 is 0. The quantitative estimate of drug-likeness (QED) is 0.550. The second-order valence-corrected chi connectivity index (χ2v) is 13.5. The fourth-order valence-corrected chi connectivity index (χ4v) is 6.08. The molecule has 2 atom stereocenters. The summed E-state index contributed by atoms with van der Waals surface area (Å²) in [6.45, 7) is 10.1. The lowest BCUT2D eigenvalue weighted by atomic mass is 9.71. The molecule has 5 rings (SSSR count). The summed E-state index contributed by atoms with van der Waals surface area (Å²) in [4.78, 5) is 39.9. The molecular formula is C32H43N5O3. The van der Waals surface area contributed by atoms with E-state index in [1.54, 1.807) is 17.9 Å². The van der Waals surface area contributed by atoms with Crippen molar-refractivity contribution in [3.05, 3.63) is 58.4 Å².